The minimum absolute atomic E-state index is 0.129. The molecule has 2 aromatic carbocycles. The fourth-order valence-corrected chi connectivity index (χ4v) is 4.42. The topological polar surface area (TPSA) is 26.8 Å². The SMILES string of the molecule is Cc1ccc(CN2CCC(C(=O)N3CCN(c4ccccc4F)CC3)CC2)cc1. The van der Waals surface area contributed by atoms with E-state index in [9.17, 15) is 9.18 Å². The first-order valence-electron chi connectivity index (χ1n) is 10.7. The summed E-state index contributed by atoms with van der Waals surface area (Å²) in [4.78, 5) is 19.5. The molecule has 0 aromatic heterocycles. The summed E-state index contributed by atoms with van der Waals surface area (Å²) in [5.41, 5.74) is 3.27. The molecule has 4 rings (SSSR count). The lowest BCUT2D eigenvalue weighted by Gasteiger charge is -2.39. The fraction of sp³-hybridized carbons (Fsp3) is 0.458. The number of carbonyl (C=O) groups is 1. The number of rotatable bonds is 4. The normalized spacial score (nSPS) is 18.8. The van der Waals surface area contributed by atoms with E-state index < -0.39 is 0 Å². The number of piperidine rings is 1. The fourth-order valence-electron chi connectivity index (χ4n) is 4.42. The first-order chi connectivity index (χ1) is 14.1. The van der Waals surface area contributed by atoms with Crippen LogP contribution in [-0.2, 0) is 11.3 Å². The number of hydrogen-bond acceptors (Lipinski definition) is 3. The zero-order chi connectivity index (χ0) is 20.2. The lowest BCUT2D eigenvalue weighted by molar-refractivity contribution is -0.137. The summed E-state index contributed by atoms with van der Waals surface area (Å²) < 4.78 is 14.0. The predicted molar refractivity (Wildman–Crippen MR) is 114 cm³/mol. The third kappa shape index (κ3) is 4.78. The number of halogens is 1. The largest absolute Gasteiger partial charge is 0.366 e. The van der Waals surface area contributed by atoms with Gasteiger partial charge in [0, 0.05) is 38.6 Å². The van der Waals surface area contributed by atoms with E-state index in [-0.39, 0.29) is 17.6 Å². The number of anilines is 1. The van der Waals surface area contributed by atoms with E-state index in [1.54, 1.807) is 6.07 Å². The molecule has 0 atom stereocenters. The number of benzene rings is 2. The van der Waals surface area contributed by atoms with Crippen LogP contribution in [-0.4, -0.2) is 55.0 Å². The number of aryl methyl sites for hydroxylation is 1. The third-order valence-electron chi connectivity index (χ3n) is 6.25. The number of piperazine rings is 1. The standard InChI is InChI=1S/C24H30FN3O/c1-19-6-8-20(9-7-19)18-26-12-10-21(11-13-26)24(29)28-16-14-27(15-17-28)23-5-3-2-4-22(23)25/h2-9,21H,10-18H2,1H3. The Kier molecular flexibility index (Phi) is 6.14. The Bertz CT molecular complexity index is 822. The Hall–Kier alpha value is -2.40. The van der Waals surface area contributed by atoms with Gasteiger partial charge in [-0.05, 0) is 50.6 Å². The molecule has 4 nitrogen and oxygen atoms in total. The second-order valence-electron chi connectivity index (χ2n) is 8.30. The third-order valence-corrected chi connectivity index (χ3v) is 6.25. The number of para-hydroxylation sites is 1. The molecule has 29 heavy (non-hydrogen) atoms. The number of nitrogens with zero attached hydrogens (tertiary/aromatic N) is 3. The highest BCUT2D eigenvalue weighted by atomic mass is 19.1. The number of amides is 1. The minimum Gasteiger partial charge on any atom is -0.366 e. The molecule has 2 aromatic rings. The molecule has 2 aliphatic heterocycles. The Morgan fingerprint density at radius 3 is 2.24 bits per heavy atom. The van der Waals surface area contributed by atoms with E-state index in [0.717, 1.165) is 32.5 Å². The average Bonchev–Trinajstić information content (AvgIpc) is 2.76. The van der Waals surface area contributed by atoms with Crippen molar-refractivity contribution >= 4 is 11.6 Å². The maximum atomic E-state index is 14.0. The van der Waals surface area contributed by atoms with E-state index in [4.69, 9.17) is 0 Å². The zero-order valence-corrected chi connectivity index (χ0v) is 17.2. The maximum Gasteiger partial charge on any atom is 0.225 e. The van der Waals surface area contributed by atoms with Crippen LogP contribution in [0.5, 0.6) is 0 Å². The van der Waals surface area contributed by atoms with Gasteiger partial charge < -0.3 is 9.80 Å². The van der Waals surface area contributed by atoms with Crippen LogP contribution in [0, 0.1) is 18.7 Å². The summed E-state index contributed by atoms with van der Waals surface area (Å²) >= 11 is 0. The molecule has 0 radical (unpaired) electrons. The van der Waals surface area contributed by atoms with Crippen LogP contribution in [0.25, 0.3) is 0 Å². The summed E-state index contributed by atoms with van der Waals surface area (Å²) in [5, 5.41) is 0. The van der Waals surface area contributed by atoms with Gasteiger partial charge in [-0.1, -0.05) is 42.0 Å². The summed E-state index contributed by atoms with van der Waals surface area (Å²) in [5.74, 6) is 0.227. The number of hydrogen-bond donors (Lipinski definition) is 0. The van der Waals surface area contributed by atoms with Crippen molar-refractivity contribution in [3.63, 3.8) is 0 Å². The van der Waals surface area contributed by atoms with Gasteiger partial charge in [-0.2, -0.15) is 0 Å². The van der Waals surface area contributed by atoms with Gasteiger partial charge in [0.25, 0.3) is 0 Å². The molecule has 0 saturated carbocycles. The van der Waals surface area contributed by atoms with E-state index in [2.05, 4.69) is 36.1 Å². The van der Waals surface area contributed by atoms with Crippen molar-refractivity contribution in [1.29, 1.82) is 0 Å². The quantitative estimate of drug-likeness (QED) is 0.790. The lowest BCUT2D eigenvalue weighted by Crippen LogP contribution is -2.51. The monoisotopic (exact) mass is 395 g/mol. The molecule has 2 aliphatic rings. The van der Waals surface area contributed by atoms with Crippen LogP contribution in [0.15, 0.2) is 48.5 Å². The van der Waals surface area contributed by atoms with Gasteiger partial charge in [-0.25, -0.2) is 4.39 Å². The first-order valence-corrected chi connectivity index (χ1v) is 10.7. The first kappa shape index (κ1) is 19.9. The van der Waals surface area contributed by atoms with Gasteiger partial charge in [-0.3, -0.25) is 9.69 Å². The summed E-state index contributed by atoms with van der Waals surface area (Å²) in [6.07, 6.45) is 1.86. The van der Waals surface area contributed by atoms with Crippen molar-refractivity contribution < 1.29 is 9.18 Å². The maximum absolute atomic E-state index is 14.0. The molecule has 0 aliphatic carbocycles. The van der Waals surface area contributed by atoms with Crippen LogP contribution >= 0.6 is 0 Å². The molecule has 5 heteroatoms. The number of carbonyl (C=O) groups excluding carboxylic acids is 1. The van der Waals surface area contributed by atoms with Crippen molar-refractivity contribution in [3.05, 3.63) is 65.5 Å². The molecule has 2 fully saturated rings. The van der Waals surface area contributed by atoms with E-state index in [1.165, 1.54) is 17.2 Å². The Labute approximate surface area is 172 Å². The minimum atomic E-state index is -0.187. The van der Waals surface area contributed by atoms with Gasteiger partial charge in [0.1, 0.15) is 5.82 Å². The Morgan fingerprint density at radius 1 is 0.931 bits per heavy atom. The van der Waals surface area contributed by atoms with Crippen LogP contribution in [0.1, 0.15) is 24.0 Å². The second-order valence-corrected chi connectivity index (χ2v) is 8.30. The average molecular weight is 396 g/mol. The zero-order valence-electron chi connectivity index (χ0n) is 17.2. The highest BCUT2D eigenvalue weighted by molar-refractivity contribution is 5.79. The summed E-state index contributed by atoms with van der Waals surface area (Å²) in [6, 6.07) is 15.6. The van der Waals surface area contributed by atoms with Gasteiger partial charge in [0.05, 0.1) is 5.69 Å². The molecule has 154 valence electrons. The van der Waals surface area contributed by atoms with Crippen molar-refractivity contribution in [3.8, 4) is 0 Å². The predicted octanol–water partition coefficient (Wildman–Crippen LogP) is 3.69. The molecular formula is C24H30FN3O. The van der Waals surface area contributed by atoms with Crippen LogP contribution in [0.4, 0.5) is 10.1 Å². The lowest BCUT2D eigenvalue weighted by atomic mass is 9.94. The van der Waals surface area contributed by atoms with Gasteiger partial charge in [-0.15, -0.1) is 0 Å². The van der Waals surface area contributed by atoms with Crippen LogP contribution in [0.3, 0.4) is 0 Å². The molecule has 2 heterocycles. The molecule has 0 unspecified atom stereocenters. The highest BCUT2D eigenvalue weighted by Gasteiger charge is 2.30. The van der Waals surface area contributed by atoms with Crippen LogP contribution in [0.2, 0.25) is 0 Å². The Balaban J connectivity index is 1.25. The second kappa shape index (κ2) is 8.95. The van der Waals surface area contributed by atoms with Gasteiger partial charge in [0.15, 0.2) is 0 Å². The van der Waals surface area contributed by atoms with Crippen molar-refractivity contribution in [2.45, 2.75) is 26.3 Å². The van der Waals surface area contributed by atoms with Crippen molar-refractivity contribution in [2.75, 3.05) is 44.2 Å². The molecule has 0 spiro atoms. The van der Waals surface area contributed by atoms with Gasteiger partial charge in [0.2, 0.25) is 5.91 Å². The van der Waals surface area contributed by atoms with Gasteiger partial charge >= 0.3 is 0 Å². The summed E-state index contributed by atoms with van der Waals surface area (Å²) in [6.45, 7) is 7.75. The molecule has 2 saturated heterocycles. The molecule has 0 N–H and O–H groups in total. The van der Waals surface area contributed by atoms with E-state index in [0.29, 0.717) is 31.9 Å². The molecule has 0 bridgehead atoms. The number of likely N-dealkylation sites (tertiary alicyclic amines) is 1. The summed E-state index contributed by atoms with van der Waals surface area (Å²) in [7, 11) is 0. The molecular weight excluding hydrogens is 365 g/mol. The Morgan fingerprint density at radius 2 is 1.59 bits per heavy atom. The van der Waals surface area contributed by atoms with E-state index in [1.807, 2.05) is 21.9 Å². The van der Waals surface area contributed by atoms with Crippen molar-refractivity contribution in [2.24, 2.45) is 5.92 Å². The van der Waals surface area contributed by atoms with E-state index >= 15 is 0 Å². The van der Waals surface area contributed by atoms with Crippen LogP contribution < -0.4 is 4.90 Å². The highest BCUT2D eigenvalue weighted by Crippen LogP contribution is 2.24. The smallest absolute Gasteiger partial charge is 0.225 e. The molecule has 1 amide bonds. The van der Waals surface area contributed by atoms with Crippen molar-refractivity contribution in [1.82, 2.24) is 9.80 Å².